The smallest absolute Gasteiger partial charge is 0.221 e. The molecule has 3 N–H and O–H groups in total. The first-order chi connectivity index (χ1) is 7.79. The lowest BCUT2D eigenvalue weighted by Crippen LogP contribution is -2.29. The zero-order chi connectivity index (χ0) is 13.1. The number of amides is 1. The lowest BCUT2D eigenvalue weighted by molar-refractivity contribution is -0.121. The average molecular weight is 276 g/mol. The van der Waals surface area contributed by atoms with Gasteiger partial charge in [-0.25, -0.2) is 4.98 Å². The maximum absolute atomic E-state index is 11.4. The fraction of sp³-hybridized carbons (Fsp3) is 0.667. The molecule has 1 aromatic heterocycles. The topological polar surface area (TPSA) is 81.2 Å². The van der Waals surface area contributed by atoms with Gasteiger partial charge in [-0.2, -0.15) is 0 Å². The monoisotopic (exact) mass is 275 g/mol. The Balaban J connectivity index is 0.00000289. The van der Waals surface area contributed by atoms with Gasteiger partial charge in [0.25, 0.3) is 0 Å². The highest BCUT2D eigenvalue weighted by Crippen LogP contribution is 2.22. The van der Waals surface area contributed by atoms with Crippen LogP contribution in [0.15, 0.2) is 10.6 Å². The van der Waals surface area contributed by atoms with Gasteiger partial charge in [-0.3, -0.25) is 4.79 Å². The van der Waals surface area contributed by atoms with Crippen molar-refractivity contribution in [1.82, 2.24) is 10.3 Å². The normalized spacial score (nSPS) is 12.7. The average Bonchev–Trinajstić information content (AvgIpc) is 2.61. The summed E-state index contributed by atoms with van der Waals surface area (Å²) in [6, 6.07) is -0.135. The van der Waals surface area contributed by atoms with Gasteiger partial charge in [0, 0.05) is 17.9 Å². The molecule has 1 aromatic rings. The van der Waals surface area contributed by atoms with Crippen molar-refractivity contribution in [3.05, 3.63) is 17.8 Å². The van der Waals surface area contributed by atoms with Crippen LogP contribution in [0, 0.1) is 0 Å². The number of carbonyl (C=O) groups excluding carboxylic acids is 1. The van der Waals surface area contributed by atoms with Crippen LogP contribution in [-0.2, 0) is 16.8 Å². The number of hydrogen-bond donors (Lipinski definition) is 2. The van der Waals surface area contributed by atoms with Crippen molar-refractivity contribution in [3.63, 3.8) is 0 Å². The van der Waals surface area contributed by atoms with E-state index in [2.05, 4.69) is 10.3 Å². The van der Waals surface area contributed by atoms with Gasteiger partial charge in [-0.05, 0) is 6.92 Å². The van der Waals surface area contributed by atoms with Gasteiger partial charge in [0.15, 0.2) is 0 Å². The molecule has 6 heteroatoms. The van der Waals surface area contributed by atoms with Crippen molar-refractivity contribution in [2.45, 2.75) is 52.1 Å². The van der Waals surface area contributed by atoms with Crippen molar-refractivity contribution in [3.8, 4) is 0 Å². The Kier molecular flexibility index (Phi) is 6.35. The minimum atomic E-state index is -0.135. The minimum absolute atomic E-state index is 0. The molecule has 0 saturated heterocycles. The van der Waals surface area contributed by atoms with E-state index in [1.807, 2.05) is 20.8 Å². The lowest BCUT2D eigenvalue weighted by Gasteiger charge is -2.13. The highest BCUT2D eigenvalue weighted by atomic mass is 35.5. The molecule has 0 fully saturated rings. The number of hydrogen-bond acceptors (Lipinski definition) is 4. The first kappa shape index (κ1) is 16.9. The molecule has 0 aromatic carbocycles. The van der Waals surface area contributed by atoms with Crippen LogP contribution in [0.3, 0.4) is 0 Å². The number of oxazole rings is 1. The summed E-state index contributed by atoms with van der Waals surface area (Å²) < 4.78 is 5.55. The summed E-state index contributed by atoms with van der Waals surface area (Å²) >= 11 is 0. The van der Waals surface area contributed by atoms with Gasteiger partial charge in [0.2, 0.25) is 11.8 Å². The van der Waals surface area contributed by atoms with Crippen LogP contribution < -0.4 is 11.1 Å². The number of nitrogens with zero attached hydrogens (tertiary/aromatic N) is 1. The molecule has 0 aliphatic rings. The van der Waals surface area contributed by atoms with Crippen LogP contribution in [0.1, 0.15) is 45.8 Å². The summed E-state index contributed by atoms with van der Waals surface area (Å²) in [6.07, 6.45) is 2.01. The second-order valence-electron chi connectivity index (χ2n) is 5.33. The quantitative estimate of drug-likeness (QED) is 0.877. The second-order valence-corrected chi connectivity index (χ2v) is 5.33. The molecule has 0 bridgehead atoms. The number of halogens is 1. The number of nitrogens with two attached hydrogens (primary N) is 1. The van der Waals surface area contributed by atoms with Crippen LogP contribution >= 0.6 is 12.4 Å². The lowest BCUT2D eigenvalue weighted by atomic mass is 9.94. The highest BCUT2D eigenvalue weighted by molar-refractivity contribution is 5.85. The Bertz CT molecular complexity index is 383. The van der Waals surface area contributed by atoms with E-state index >= 15 is 0 Å². The summed E-state index contributed by atoms with van der Waals surface area (Å²) in [7, 11) is 0. The fourth-order valence-corrected chi connectivity index (χ4v) is 1.28. The molecule has 104 valence electrons. The molecule has 1 rings (SSSR count). The molecular formula is C12H22ClN3O2. The Morgan fingerprint density at radius 3 is 2.61 bits per heavy atom. The van der Waals surface area contributed by atoms with Crippen molar-refractivity contribution in [2.24, 2.45) is 5.73 Å². The van der Waals surface area contributed by atoms with Crippen LogP contribution in [-0.4, -0.2) is 16.9 Å². The van der Waals surface area contributed by atoms with Crippen molar-refractivity contribution in [2.75, 3.05) is 0 Å². The van der Waals surface area contributed by atoms with Crippen LogP contribution in [0.4, 0.5) is 0 Å². The fourth-order valence-electron chi connectivity index (χ4n) is 1.28. The van der Waals surface area contributed by atoms with E-state index in [0.717, 1.165) is 5.76 Å². The largest absolute Gasteiger partial charge is 0.443 e. The highest BCUT2D eigenvalue weighted by Gasteiger charge is 2.19. The first-order valence-electron chi connectivity index (χ1n) is 5.76. The van der Waals surface area contributed by atoms with Gasteiger partial charge >= 0.3 is 0 Å². The number of rotatable bonds is 4. The maximum Gasteiger partial charge on any atom is 0.221 e. The van der Waals surface area contributed by atoms with Gasteiger partial charge < -0.3 is 15.5 Å². The molecule has 0 saturated carbocycles. The predicted molar refractivity (Wildman–Crippen MR) is 72.6 cm³/mol. The van der Waals surface area contributed by atoms with Gasteiger partial charge in [-0.15, -0.1) is 12.4 Å². The van der Waals surface area contributed by atoms with Crippen molar-refractivity contribution < 1.29 is 9.21 Å². The number of aromatic nitrogens is 1. The Morgan fingerprint density at radius 2 is 2.17 bits per heavy atom. The van der Waals surface area contributed by atoms with Crippen LogP contribution in [0.5, 0.6) is 0 Å². The Morgan fingerprint density at radius 1 is 1.56 bits per heavy atom. The zero-order valence-corrected chi connectivity index (χ0v) is 12.1. The summed E-state index contributed by atoms with van der Waals surface area (Å²) in [6.45, 7) is 8.24. The minimum Gasteiger partial charge on any atom is -0.443 e. The van der Waals surface area contributed by atoms with Crippen molar-refractivity contribution in [1.29, 1.82) is 0 Å². The van der Waals surface area contributed by atoms with E-state index < -0.39 is 0 Å². The molecule has 0 spiro atoms. The Labute approximate surface area is 114 Å². The molecular weight excluding hydrogens is 254 g/mol. The standard InChI is InChI=1S/C12H21N3O2.ClH/c1-8(13)5-10(16)14-7-11-15-6-9(17-11)12(2,3)4;/h6,8H,5,7,13H2,1-4H3,(H,14,16);1H. The Hall–Kier alpha value is -1.07. The molecule has 0 aliphatic heterocycles. The zero-order valence-electron chi connectivity index (χ0n) is 11.3. The second kappa shape index (κ2) is 6.75. The van der Waals surface area contributed by atoms with Crippen LogP contribution in [0.2, 0.25) is 0 Å². The molecule has 1 unspecified atom stereocenters. The third kappa shape index (κ3) is 5.51. The van der Waals surface area contributed by atoms with E-state index in [0.29, 0.717) is 18.9 Å². The molecule has 0 radical (unpaired) electrons. The van der Waals surface area contributed by atoms with Gasteiger partial charge in [-0.1, -0.05) is 20.8 Å². The van der Waals surface area contributed by atoms with E-state index in [4.69, 9.17) is 10.2 Å². The SMILES string of the molecule is CC(N)CC(=O)NCc1ncc(C(C)(C)C)o1.Cl. The van der Waals surface area contributed by atoms with Gasteiger partial charge in [0.1, 0.15) is 5.76 Å². The molecule has 0 aliphatic carbocycles. The van der Waals surface area contributed by atoms with E-state index in [-0.39, 0.29) is 29.8 Å². The molecule has 18 heavy (non-hydrogen) atoms. The summed E-state index contributed by atoms with van der Waals surface area (Å²) in [5, 5.41) is 2.72. The van der Waals surface area contributed by atoms with Crippen molar-refractivity contribution >= 4 is 18.3 Å². The maximum atomic E-state index is 11.4. The van der Waals surface area contributed by atoms with Crippen LogP contribution in [0.25, 0.3) is 0 Å². The summed E-state index contributed by atoms with van der Waals surface area (Å²) in [5.41, 5.74) is 5.46. The summed E-state index contributed by atoms with van der Waals surface area (Å²) in [4.78, 5) is 15.5. The van der Waals surface area contributed by atoms with Gasteiger partial charge in [0.05, 0.1) is 12.7 Å². The third-order valence-electron chi connectivity index (χ3n) is 2.24. The molecule has 1 amide bonds. The van der Waals surface area contributed by atoms with E-state index in [1.165, 1.54) is 0 Å². The summed E-state index contributed by atoms with van der Waals surface area (Å²) in [5.74, 6) is 1.25. The van der Waals surface area contributed by atoms with E-state index in [1.54, 1.807) is 13.1 Å². The number of carbonyl (C=O) groups is 1. The third-order valence-corrected chi connectivity index (χ3v) is 2.24. The molecule has 1 heterocycles. The first-order valence-corrected chi connectivity index (χ1v) is 5.76. The molecule has 5 nitrogen and oxygen atoms in total. The van der Waals surface area contributed by atoms with E-state index in [9.17, 15) is 4.79 Å². The predicted octanol–water partition coefficient (Wildman–Crippen LogP) is 1.75. The molecule has 1 atom stereocenters. The number of nitrogens with one attached hydrogen (secondary N) is 1.